The van der Waals surface area contributed by atoms with Crippen LogP contribution in [0.15, 0.2) is 18.2 Å². The second-order valence-electron chi connectivity index (χ2n) is 5.32. The lowest BCUT2D eigenvalue weighted by atomic mass is 10.0. The number of ether oxygens (including phenoxy) is 1. The molecule has 20 heavy (non-hydrogen) atoms. The van der Waals surface area contributed by atoms with Crippen molar-refractivity contribution in [1.82, 2.24) is 4.90 Å². The molecule has 0 aliphatic carbocycles. The summed E-state index contributed by atoms with van der Waals surface area (Å²) in [6, 6.07) is 4.98. The van der Waals surface area contributed by atoms with Gasteiger partial charge in [0.05, 0.1) is 0 Å². The lowest BCUT2D eigenvalue weighted by Gasteiger charge is -2.30. The maximum Gasteiger partial charge on any atom is 0.573 e. The molecule has 1 fully saturated rings. The van der Waals surface area contributed by atoms with Crippen LogP contribution in [0.2, 0.25) is 0 Å². The van der Waals surface area contributed by atoms with E-state index in [0.29, 0.717) is 6.54 Å². The van der Waals surface area contributed by atoms with Crippen LogP contribution in [0.5, 0.6) is 5.75 Å². The van der Waals surface area contributed by atoms with Crippen molar-refractivity contribution in [2.45, 2.75) is 38.7 Å². The van der Waals surface area contributed by atoms with E-state index in [4.69, 9.17) is 5.73 Å². The number of nitrogens with zero attached hydrogens (tertiary/aromatic N) is 1. The zero-order valence-corrected chi connectivity index (χ0v) is 11.4. The minimum Gasteiger partial charge on any atom is -0.406 e. The minimum absolute atomic E-state index is 0.152. The van der Waals surface area contributed by atoms with Crippen LogP contribution in [0.25, 0.3) is 0 Å². The molecule has 0 bridgehead atoms. The molecule has 1 aliphatic rings. The fraction of sp³-hybridized carbons (Fsp3) is 0.571. The number of benzene rings is 1. The number of nitrogens with two attached hydrogens (primary N) is 1. The summed E-state index contributed by atoms with van der Waals surface area (Å²) in [6.45, 7) is 4.15. The summed E-state index contributed by atoms with van der Waals surface area (Å²) < 4.78 is 40.8. The number of rotatable bonds is 3. The molecule has 1 aromatic rings. The van der Waals surface area contributed by atoms with Gasteiger partial charge in [0.15, 0.2) is 0 Å². The molecule has 112 valence electrons. The fourth-order valence-electron chi connectivity index (χ4n) is 2.48. The number of piperidine rings is 1. The topological polar surface area (TPSA) is 38.5 Å². The fourth-order valence-corrected chi connectivity index (χ4v) is 2.48. The Morgan fingerprint density at radius 2 is 1.90 bits per heavy atom. The standard InChI is InChI=1S/C14H19F3N2O/c1-10-6-11(8-13(7-10)20-14(15,16)17)9-19-4-2-12(18)3-5-19/h6-8,12H,2-5,9,18H2,1H3. The second kappa shape index (κ2) is 6.01. The van der Waals surface area contributed by atoms with E-state index in [2.05, 4.69) is 9.64 Å². The third-order valence-electron chi connectivity index (χ3n) is 3.38. The first-order valence-corrected chi connectivity index (χ1v) is 6.66. The predicted molar refractivity (Wildman–Crippen MR) is 70.3 cm³/mol. The van der Waals surface area contributed by atoms with Crippen molar-refractivity contribution in [3.05, 3.63) is 29.3 Å². The van der Waals surface area contributed by atoms with Crippen molar-refractivity contribution >= 4 is 0 Å². The molecule has 1 aromatic carbocycles. The van der Waals surface area contributed by atoms with Gasteiger partial charge in [0.1, 0.15) is 5.75 Å². The van der Waals surface area contributed by atoms with E-state index in [1.54, 1.807) is 6.92 Å². The van der Waals surface area contributed by atoms with E-state index in [9.17, 15) is 13.2 Å². The smallest absolute Gasteiger partial charge is 0.406 e. The first kappa shape index (κ1) is 15.1. The summed E-state index contributed by atoms with van der Waals surface area (Å²) in [5, 5.41) is 0. The first-order valence-electron chi connectivity index (χ1n) is 6.66. The molecule has 0 atom stereocenters. The van der Waals surface area contributed by atoms with Crippen LogP contribution in [0, 0.1) is 6.92 Å². The van der Waals surface area contributed by atoms with Gasteiger partial charge in [-0.3, -0.25) is 4.90 Å². The third-order valence-corrected chi connectivity index (χ3v) is 3.38. The highest BCUT2D eigenvalue weighted by atomic mass is 19.4. The van der Waals surface area contributed by atoms with Gasteiger partial charge in [-0.15, -0.1) is 13.2 Å². The van der Waals surface area contributed by atoms with Gasteiger partial charge in [-0.1, -0.05) is 6.07 Å². The van der Waals surface area contributed by atoms with E-state index in [0.717, 1.165) is 37.1 Å². The zero-order chi connectivity index (χ0) is 14.8. The highest BCUT2D eigenvalue weighted by molar-refractivity contribution is 5.34. The van der Waals surface area contributed by atoms with Gasteiger partial charge < -0.3 is 10.5 Å². The van der Waals surface area contributed by atoms with E-state index >= 15 is 0 Å². The summed E-state index contributed by atoms with van der Waals surface area (Å²) in [4.78, 5) is 2.20. The highest BCUT2D eigenvalue weighted by Gasteiger charge is 2.31. The molecule has 0 spiro atoms. The lowest BCUT2D eigenvalue weighted by molar-refractivity contribution is -0.274. The molecule has 2 N–H and O–H groups in total. The van der Waals surface area contributed by atoms with Crippen molar-refractivity contribution < 1.29 is 17.9 Å². The number of hydrogen-bond acceptors (Lipinski definition) is 3. The van der Waals surface area contributed by atoms with Crippen LogP contribution in [0.1, 0.15) is 24.0 Å². The minimum atomic E-state index is -4.65. The van der Waals surface area contributed by atoms with Gasteiger partial charge in [0, 0.05) is 12.6 Å². The van der Waals surface area contributed by atoms with Crippen molar-refractivity contribution in [2.75, 3.05) is 13.1 Å². The molecule has 0 radical (unpaired) electrons. The number of likely N-dealkylation sites (tertiary alicyclic amines) is 1. The van der Waals surface area contributed by atoms with Crippen LogP contribution < -0.4 is 10.5 Å². The Morgan fingerprint density at radius 1 is 1.25 bits per heavy atom. The number of aryl methyl sites for hydroxylation is 1. The Balaban J connectivity index is 2.04. The van der Waals surface area contributed by atoms with Gasteiger partial charge in [0.25, 0.3) is 0 Å². The van der Waals surface area contributed by atoms with Crippen molar-refractivity contribution in [1.29, 1.82) is 0 Å². The molecule has 1 saturated heterocycles. The summed E-state index contributed by atoms with van der Waals surface area (Å²) in [7, 11) is 0. The summed E-state index contributed by atoms with van der Waals surface area (Å²) in [5.74, 6) is -0.152. The van der Waals surface area contributed by atoms with Crippen molar-refractivity contribution in [3.8, 4) is 5.75 Å². The average molecular weight is 288 g/mol. The Kier molecular flexibility index (Phi) is 4.55. The summed E-state index contributed by atoms with van der Waals surface area (Å²) in [6.07, 6.45) is -2.79. The number of halogens is 3. The van der Waals surface area contributed by atoms with Crippen LogP contribution >= 0.6 is 0 Å². The molecule has 1 heterocycles. The van der Waals surface area contributed by atoms with Gasteiger partial charge in [-0.05, 0) is 56.1 Å². The SMILES string of the molecule is Cc1cc(CN2CCC(N)CC2)cc(OC(F)(F)F)c1. The maximum absolute atomic E-state index is 12.3. The van der Waals surface area contributed by atoms with E-state index < -0.39 is 6.36 Å². The molecule has 6 heteroatoms. The molecule has 0 unspecified atom stereocenters. The van der Waals surface area contributed by atoms with Gasteiger partial charge in [-0.25, -0.2) is 0 Å². The summed E-state index contributed by atoms with van der Waals surface area (Å²) in [5.41, 5.74) is 7.43. The third kappa shape index (κ3) is 4.68. The zero-order valence-electron chi connectivity index (χ0n) is 11.4. The molecule has 0 saturated carbocycles. The van der Waals surface area contributed by atoms with E-state index in [1.807, 2.05) is 6.07 Å². The van der Waals surface area contributed by atoms with Crippen LogP contribution in [0.4, 0.5) is 13.2 Å². The van der Waals surface area contributed by atoms with Gasteiger partial charge in [0.2, 0.25) is 0 Å². The van der Waals surface area contributed by atoms with Crippen molar-refractivity contribution in [2.24, 2.45) is 5.73 Å². The molecular formula is C14H19F3N2O. The van der Waals surface area contributed by atoms with Crippen LogP contribution in [-0.4, -0.2) is 30.4 Å². The lowest BCUT2D eigenvalue weighted by Crippen LogP contribution is -2.39. The molecule has 2 rings (SSSR count). The quantitative estimate of drug-likeness (QED) is 0.929. The predicted octanol–water partition coefficient (Wildman–Crippen LogP) is 2.82. The Bertz CT molecular complexity index is 454. The Labute approximate surface area is 116 Å². The summed E-state index contributed by atoms with van der Waals surface area (Å²) >= 11 is 0. The van der Waals surface area contributed by atoms with Crippen molar-refractivity contribution in [3.63, 3.8) is 0 Å². The molecule has 0 amide bonds. The second-order valence-corrected chi connectivity index (χ2v) is 5.32. The van der Waals surface area contributed by atoms with Gasteiger partial charge in [-0.2, -0.15) is 0 Å². The molecule has 1 aliphatic heterocycles. The molecule has 0 aromatic heterocycles. The Hall–Kier alpha value is -1.27. The molecule has 3 nitrogen and oxygen atoms in total. The Morgan fingerprint density at radius 3 is 2.50 bits per heavy atom. The largest absolute Gasteiger partial charge is 0.573 e. The monoisotopic (exact) mass is 288 g/mol. The van der Waals surface area contributed by atoms with Crippen LogP contribution in [0.3, 0.4) is 0 Å². The number of alkyl halides is 3. The van der Waals surface area contributed by atoms with Crippen LogP contribution in [-0.2, 0) is 6.54 Å². The normalized spacial score (nSPS) is 18.2. The highest BCUT2D eigenvalue weighted by Crippen LogP contribution is 2.25. The van der Waals surface area contributed by atoms with E-state index in [-0.39, 0.29) is 11.8 Å². The number of hydrogen-bond donors (Lipinski definition) is 1. The first-order chi connectivity index (χ1) is 9.32. The maximum atomic E-state index is 12.3. The molecular weight excluding hydrogens is 269 g/mol. The van der Waals surface area contributed by atoms with E-state index in [1.165, 1.54) is 12.1 Å². The average Bonchev–Trinajstić information content (AvgIpc) is 2.29. The van der Waals surface area contributed by atoms with Gasteiger partial charge >= 0.3 is 6.36 Å².